The number of hydrogen-bond donors (Lipinski definition) is 2. The van der Waals surface area contributed by atoms with E-state index in [0.29, 0.717) is 0 Å². The van der Waals surface area contributed by atoms with Gasteiger partial charge in [0, 0.05) is 24.7 Å². The van der Waals surface area contributed by atoms with Gasteiger partial charge in [-0.2, -0.15) is 0 Å². The minimum absolute atomic E-state index is 0.0122. The Hall–Kier alpha value is -1.51. The van der Waals surface area contributed by atoms with Crippen LogP contribution in [0, 0.1) is 10.1 Å². The molecule has 1 atom stereocenters. The number of nitrogens with two attached hydrogens (primary N) is 1. The molecule has 0 aliphatic carbocycles. The highest BCUT2D eigenvalue weighted by molar-refractivity contribution is 7.89. The lowest BCUT2D eigenvalue weighted by Gasteiger charge is -2.11. The maximum atomic E-state index is 11.9. The zero-order valence-corrected chi connectivity index (χ0v) is 11.4. The molecule has 0 aliphatic heterocycles. The van der Waals surface area contributed by atoms with Gasteiger partial charge in [-0.15, -0.1) is 0 Å². The van der Waals surface area contributed by atoms with Crippen molar-refractivity contribution in [2.75, 3.05) is 6.54 Å². The van der Waals surface area contributed by atoms with E-state index in [-0.39, 0.29) is 23.2 Å². The molecule has 0 unspecified atom stereocenters. The highest BCUT2D eigenvalue weighted by atomic mass is 32.2. The maximum absolute atomic E-state index is 11.9. The second-order valence-corrected chi connectivity index (χ2v) is 5.92. The van der Waals surface area contributed by atoms with E-state index in [1.54, 1.807) is 0 Å². The Bertz CT molecular complexity index is 527. The van der Waals surface area contributed by atoms with Gasteiger partial charge in [0.2, 0.25) is 10.0 Å². The Morgan fingerprint density at radius 1 is 1.37 bits per heavy atom. The first-order chi connectivity index (χ1) is 8.86. The molecule has 0 aliphatic rings. The lowest BCUT2D eigenvalue weighted by atomic mass is 10.2. The van der Waals surface area contributed by atoms with Gasteiger partial charge in [-0.3, -0.25) is 10.1 Å². The van der Waals surface area contributed by atoms with Crippen LogP contribution in [0.1, 0.15) is 19.8 Å². The van der Waals surface area contributed by atoms with Crippen molar-refractivity contribution in [1.82, 2.24) is 4.72 Å². The van der Waals surface area contributed by atoms with E-state index in [1.807, 2.05) is 6.92 Å². The average Bonchev–Trinajstić information content (AvgIpc) is 2.37. The quantitative estimate of drug-likeness (QED) is 0.573. The van der Waals surface area contributed by atoms with Crippen LogP contribution < -0.4 is 10.5 Å². The van der Waals surface area contributed by atoms with Crippen LogP contribution in [0.25, 0.3) is 0 Å². The topological polar surface area (TPSA) is 115 Å². The van der Waals surface area contributed by atoms with Gasteiger partial charge in [0.15, 0.2) is 0 Å². The number of rotatable bonds is 7. The van der Waals surface area contributed by atoms with E-state index < -0.39 is 14.9 Å². The number of nitro benzene ring substituents is 1. The van der Waals surface area contributed by atoms with Crippen molar-refractivity contribution in [2.45, 2.75) is 30.7 Å². The summed E-state index contributed by atoms with van der Waals surface area (Å²) >= 11 is 0. The van der Waals surface area contributed by atoms with Gasteiger partial charge in [0.05, 0.1) is 9.82 Å². The Morgan fingerprint density at radius 2 is 1.95 bits per heavy atom. The van der Waals surface area contributed by atoms with Crippen molar-refractivity contribution < 1.29 is 13.3 Å². The van der Waals surface area contributed by atoms with Crippen LogP contribution in [0.15, 0.2) is 29.2 Å². The van der Waals surface area contributed by atoms with Gasteiger partial charge in [-0.25, -0.2) is 13.1 Å². The molecule has 19 heavy (non-hydrogen) atoms. The molecule has 0 heterocycles. The molecular formula is C11H17N3O4S. The van der Waals surface area contributed by atoms with Crippen molar-refractivity contribution in [3.63, 3.8) is 0 Å². The Balaban J connectivity index is 2.74. The summed E-state index contributed by atoms with van der Waals surface area (Å²) in [6.45, 7) is 2.11. The minimum Gasteiger partial charge on any atom is -0.327 e. The van der Waals surface area contributed by atoms with Gasteiger partial charge >= 0.3 is 0 Å². The molecule has 0 spiro atoms. The third kappa shape index (κ3) is 4.58. The lowest BCUT2D eigenvalue weighted by Crippen LogP contribution is -2.37. The molecule has 0 bridgehead atoms. The molecule has 106 valence electrons. The number of hydrogen-bond acceptors (Lipinski definition) is 5. The summed E-state index contributed by atoms with van der Waals surface area (Å²) in [6.07, 6.45) is 1.60. The average molecular weight is 287 g/mol. The number of sulfonamides is 1. The number of benzene rings is 1. The van der Waals surface area contributed by atoms with E-state index >= 15 is 0 Å². The number of non-ortho nitro benzene ring substituents is 1. The van der Waals surface area contributed by atoms with Gasteiger partial charge in [0.1, 0.15) is 0 Å². The van der Waals surface area contributed by atoms with Crippen LogP contribution in [-0.4, -0.2) is 25.9 Å². The smallest absolute Gasteiger partial charge is 0.269 e. The largest absolute Gasteiger partial charge is 0.327 e. The summed E-state index contributed by atoms with van der Waals surface area (Å²) in [6, 6.07) is 4.47. The standard InChI is InChI=1S/C11H17N3O4S/c1-2-3-9(12)8-13-19(17,18)11-6-4-10(5-7-11)14(15)16/h4-7,9,13H,2-3,8,12H2,1H3/t9-/m0/s1. The molecule has 1 rings (SSSR count). The van der Waals surface area contributed by atoms with Crippen molar-refractivity contribution in [1.29, 1.82) is 0 Å². The molecule has 3 N–H and O–H groups in total. The van der Waals surface area contributed by atoms with Crippen LogP contribution in [0.3, 0.4) is 0 Å². The molecule has 0 saturated heterocycles. The molecule has 0 fully saturated rings. The van der Waals surface area contributed by atoms with Crippen LogP contribution >= 0.6 is 0 Å². The summed E-state index contributed by atoms with van der Waals surface area (Å²) in [4.78, 5) is 9.88. The van der Waals surface area contributed by atoms with E-state index in [1.165, 1.54) is 12.1 Å². The molecule has 8 heteroatoms. The van der Waals surface area contributed by atoms with Crippen LogP contribution in [0.2, 0.25) is 0 Å². The van der Waals surface area contributed by atoms with Crippen molar-refractivity contribution in [3.05, 3.63) is 34.4 Å². The van der Waals surface area contributed by atoms with Crippen molar-refractivity contribution in [3.8, 4) is 0 Å². The summed E-state index contributed by atoms with van der Waals surface area (Å²) in [5, 5.41) is 10.5. The first kappa shape index (κ1) is 15.5. The highest BCUT2D eigenvalue weighted by Gasteiger charge is 2.16. The zero-order chi connectivity index (χ0) is 14.5. The fraction of sp³-hybridized carbons (Fsp3) is 0.455. The van der Waals surface area contributed by atoms with Gasteiger partial charge < -0.3 is 5.73 Å². The minimum atomic E-state index is -3.67. The second kappa shape index (κ2) is 6.60. The third-order valence-corrected chi connectivity index (χ3v) is 3.99. The fourth-order valence-electron chi connectivity index (χ4n) is 1.52. The predicted molar refractivity (Wildman–Crippen MR) is 71.2 cm³/mol. The first-order valence-corrected chi connectivity index (χ1v) is 7.35. The zero-order valence-electron chi connectivity index (χ0n) is 10.6. The van der Waals surface area contributed by atoms with E-state index in [9.17, 15) is 18.5 Å². The molecule has 0 radical (unpaired) electrons. The molecule has 1 aromatic carbocycles. The summed E-state index contributed by atoms with van der Waals surface area (Å²) in [5.74, 6) is 0. The summed E-state index contributed by atoms with van der Waals surface area (Å²) in [5.41, 5.74) is 5.57. The number of nitro groups is 1. The number of nitrogens with zero attached hydrogens (tertiary/aromatic N) is 1. The van der Waals surface area contributed by atoms with E-state index in [2.05, 4.69) is 4.72 Å². The predicted octanol–water partition coefficient (Wildman–Crippen LogP) is 1.00. The molecule has 7 nitrogen and oxygen atoms in total. The van der Waals surface area contributed by atoms with Gasteiger partial charge in [-0.05, 0) is 18.6 Å². The van der Waals surface area contributed by atoms with E-state index in [0.717, 1.165) is 25.0 Å². The van der Waals surface area contributed by atoms with E-state index in [4.69, 9.17) is 5.73 Å². The summed E-state index contributed by atoms with van der Waals surface area (Å²) in [7, 11) is -3.67. The molecule has 0 saturated carbocycles. The van der Waals surface area contributed by atoms with Crippen molar-refractivity contribution >= 4 is 15.7 Å². The number of nitrogens with one attached hydrogen (secondary N) is 1. The fourth-order valence-corrected chi connectivity index (χ4v) is 2.61. The van der Waals surface area contributed by atoms with Crippen molar-refractivity contribution in [2.24, 2.45) is 5.73 Å². The molecule has 0 amide bonds. The van der Waals surface area contributed by atoms with Crippen LogP contribution in [-0.2, 0) is 10.0 Å². The first-order valence-electron chi connectivity index (χ1n) is 5.86. The SMILES string of the molecule is CCC[C@H](N)CNS(=O)(=O)c1ccc([N+](=O)[O-])cc1. The highest BCUT2D eigenvalue weighted by Crippen LogP contribution is 2.15. The maximum Gasteiger partial charge on any atom is 0.269 e. The van der Waals surface area contributed by atoms with Gasteiger partial charge in [0.25, 0.3) is 5.69 Å². The Kier molecular flexibility index (Phi) is 5.40. The lowest BCUT2D eigenvalue weighted by molar-refractivity contribution is -0.384. The van der Waals surface area contributed by atoms with Gasteiger partial charge in [-0.1, -0.05) is 13.3 Å². The monoisotopic (exact) mass is 287 g/mol. The Labute approximate surface area is 112 Å². The summed E-state index contributed by atoms with van der Waals surface area (Å²) < 4.78 is 26.2. The molecule has 1 aromatic rings. The molecular weight excluding hydrogens is 270 g/mol. The van der Waals surface area contributed by atoms with Crippen LogP contribution in [0.4, 0.5) is 5.69 Å². The second-order valence-electron chi connectivity index (χ2n) is 4.15. The van der Waals surface area contributed by atoms with Crippen LogP contribution in [0.5, 0.6) is 0 Å². The molecule has 0 aromatic heterocycles. The Morgan fingerprint density at radius 3 is 2.42 bits per heavy atom. The third-order valence-electron chi connectivity index (χ3n) is 2.55. The normalized spacial score (nSPS) is 13.2.